The molecule has 0 heterocycles. The van der Waals surface area contributed by atoms with Crippen LogP contribution < -0.4 is 5.32 Å². The van der Waals surface area contributed by atoms with Crippen molar-refractivity contribution in [2.24, 2.45) is 0 Å². The van der Waals surface area contributed by atoms with Gasteiger partial charge in [-0.1, -0.05) is 6.08 Å². The van der Waals surface area contributed by atoms with Gasteiger partial charge in [-0.25, -0.2) is 0 Å². The van der Waals surface area contributed by atoms with E-state index in [2.05, 4.69) is 5.32 Å². The van der Waals surface area contributed by atoms with Crippen LogP contribution in [0.4, 0.5) is 13.2 Å². The van der Waals surface area contributed by atoms with Gasteiger partial charge < -0.3 is 5.32 Å². The van der Waals surface area contributed by atoms with Crippen LogP contribution in [0.15, 0.2) is 11.6 Å². The molecule has 86 valence electrons. The summed E-state index contributed by atoms with van der Waals surface area (Å²) in [5, 5.41) is 2.11. The van der Waals surface area contributed by atoms with Crippen LogP contribution in [0.2, 0.25) is 0 Å². The molecule has 5 heteroatoms. The van der Waals surface area contributed by atoms with Crippen molar-refractivity contribution in [3.05, 3.63) is 11.6 Å². The van der Waals surface area contributed by atoms with E-state index in [1.54, 1.807) is 0 Å². The van der Waals surface area contributed by atoms with E-state index in [1.165, 1.54) is 0 Å². The highest BCUT2D eigenvalue weighted by molar-refractivity contribution is 5.96. The fourth-order valence-electron chi connectivity index (χ4n) is 1.52. The number of hydrogen-bond acceptors (Lipinski definition) is 2. The maximum absolute atomic E-state index is 11.8. The summed E-state index contributed by atoms with van der Waals surface area (Å²) in [6.07, 6.45) is 1.17. The van der Waals surface area contributed by atoms with Crippen LogP contribution in [0, 0.1) is 0 Å². The van der Waals surface area contributed by atoms with Gasteiger partial charge in [-0.2, -0.15) is 13.2 Å². The summed E-state index contributed by atoms with van der Waals surface area (Å²) >= 11 is 0. The van der Waals surface area contributed by atoms with E-state index >= 15 is 0 Å². The first-order chi connectivity index (χ1) is 6.99. The van der Waals surface area contributed by atoms with Crippen LogP contribution in [-0.4, -0.2) is 25.0 Å². The molecule has 0 aliphatic heterocycles. The lowest BCUT2D eigenvalue weighted by atomic mass is 9.96. The molecule has 15 heavy (non-hydrogen) atoms. The molecule has 0 radical (unpaired) electrons. The number of halogens is 3. The lowest BCUT2D eigenvalue weighted by molar-refractivity contribution is -0.126. The zero-order valence-corrected chi connectivity index (χ0v) is 8.36. The molecule has 1 aliphatic carbocycles. The minimum Gasteiger partial charge on any atom is -0.302 e. The minimum absolute atomic E-state index is 0.209. The molecule has 0 unspecified atom stereocenters. The molecule has 0 saturated carbocycles. The van der Waals surface area contributed by atoms with E-state index in [9.17, 15) is 18.0 Å². The Morgan fingerprint density at radius 2 is 2.13 bits per heavy atom. The molecule has 0 aromatic rings. The molecule has 0 spiro atoms. The number of carbonyl (C=O) groups excluding carboxylic acids is 1. The molecule has 0 atom stereocenters. The first kappa shape index (κ1) is 12.2. The maximum atomic E-state index is 11.8. The van der Waals surface area contributed by atoms with Gasteiger partial charge in [0.2, 0.25) is 0 Å². The Labute approximate surface area is 86.5 Å². The number of alkyl halides is 3. The topological polar surface area (TPSA) is 29.1 Å². The second kappa shape index (κ2) is 5.30. The fraction of sp³-hybridized carbons (Fsp3) is 0.700. The smallest absolute Gasteiger partial charge is 0.302 e. The summed E-state index contributed by atoms with van der Waals surface area (Å²) in [4.78, 5) is 11.4. The third kappa shape index (κ3) is 4.97. The Morgan fingerprint density at radius 3 is 2.67 bits per heavy atom. The van der Waals surface area contributed by atoms with Gasteiger partial charge >= 0.3 is 6.18 Å². The summed E-state index contributed by atoms with van der Waals surface area (Å²) in [5.41, 5.74) is 0.677. The maximum Gasteiger partial charge on any atom is 0.401 e. The molecular weight excluding hydrogens is 207 g/mol. The Kier molecular flexibility index (Phi) is 4.32. The highest BCUT2D eigenvalue weighted by Gasteiger charge is 2.26. The molecule has 0 amide bonds. The highest BCUT2D eigenvalue weighted by Crippen LogP contribution is 2.18. The average Bonchev–Trinajstić information content (AvgIpc) is 2.17. The zero-order valence-electron chi connectivity index (χ0n) is 8.36. The van der Waals surface area contributed by atoms with Gasteiger partial charge in [0.15, 0.2) is 5.78 Å². The molecular formula is C10H14F3NO. The molecule has 1 N–H and O–H groups in total. The first-order valence-electron chi connectivity index (χ1n) is 4.99. The number of ketones is 1. The fourth-order valence-corrected chi connectivity index (χ4v) is 1.52. The Hall–Kier alpha value is -0.840. The molecule has 0 aromatic carbocycles. The van der Waals surface area contributed by atoms with Gasteiger partial charge in [0, 0.05) is 0 Å². The van der Waals surface area contributed by atoms with Gasteiger partial charge in [-0.15, -0.1) is 0 Å². The number of Topliss-reactive ketones (excluding diaryl/α,β-unsaturated/α-hetero) is 1. The van der Waals surface area contributed by atoms with Crippen molar-refractivity contribution in [3.8, 4) is 0 Å². The standard InChI is InChI=1S/C10H14F3NO/c11-10(12,13)7-14-6-9(15)8-4-2-1-3-5-8/h4,14H,1-3,5-7H2. The number of allylic oxidation sites excluding steroid dienone is 1. The summed E-state index contributed by atoms with van der Waals surface area (Å²) in [6, 6.07) is 0. The lowest BCUT2D eigenvalue weighted by Crippen LogP contribution is -2.33. The van der Waals surface area contributed by atoms with Gasteiger partial charge in [0.25, 0.3) is 0 Å². The van der Waals surface area contributed by atoms with Crippen molar-refractivity contribution in [1.82, 2.24) is 5.32 Å². The zero-order chi connectivity index (χ0) is 11.3. The SMILES string of the molecule is O=C(CNCC(F)(F)F)C1=CCCCC1. The summed E-state index contributed by atoms with van der Waals surface area (Å²) in [5.74, 6) is -0.209. The quantitative estimate of drug-likeness (QED) is 0.788. The number of hydrogen-bond donors (Lipinski definition) is 1. The van der Waals surface area contributed by atoms with Gasteiger partial charge in [-0.3, -0.25) is 4.79 Å². The minimum atomic E-state index is -4.25. The molecule has 0 aromatic heterocycles. The number of carbonyl (C=O) groups is 1. The first-order valence-corrected chi connectivity index (χ1v) is 4.99. The monoisotopic (exact) mass is 221 g/mol. The Bertz CT molecular complexity index is 258. The second-order valence-electron chi connectivity index (χ2n) is 3.62. The average molecular weight is 221 g/mol. The molecule has 0 bridgehead atoms. The van der Waals surface area contributed by atoms with Crippen molar-refractivity contribution in [2.45, 2.75) is 31.9 Å². The van der Waals surface area contributed by atoms with Crippen molar-refractivity contribution in [1.29, 1.82) is 0 Å². The third-order valence-electron chi connectivity index (χ3n) is 2.26. The Balaban J connectivity index is 2.27. The second-order valence-corrected chi connectivity index (χ2v) is 3.62. The summed E-state index contributed by atoms with van der Waals surface area (Å²) in [7, 11) is 0. The van der Waals surface area contributed by atoms with Gasteiger partial charge in [0.1, 0.15) is 0 Å². The molecule has 1 rings (SSSR count). The van der Waals surface area contributed by atoms with Crippen LogP contribution in [0.5, 0.6) is 0 Å². The molecule has 1 aliphatic rings. The summed E-state index contributed by atoms with van der Waals surface area (Å²) in [6.45, 7) is -1.32. The van der Waals surface area contributed by atoms with Crippen LogP contribution in [0.3, 0.4) is 0 Å². The predicted octanol–water partition coefficient (Wildman–Crippen LogP) is 2.21. The molecule has 0 saturated heterocycles. The van der Waals surface area contributed by atoms with Crippen LogP contribution in [0.25, 0.3) is 0 Å². The van der Waals surface area contributed by atoms with Crippen molar-refractivity contribution >= 4 is 5.78 Å². The lowest BCUT2D eigenvalue weighted by Gasteiger charge is -2.12. The van der Waals surface area contributed by atoms with E-state index in [0.717, 1.165) is 19.3 Å². The van der Waals surface area contributed by atoms with Crippen molar-refractivity contribution in [3.63, 3.8) is 0 Å². The van der Waals surface area contributed by atoms with Gasteiger partial charge in [0.05, 0.1) is 13.1 Å². The summed E-state index contributed by atoms with van der Waals surface area (Å²) < 4.78 is 35.3. The number of rotatable bonds is 4. The van der Waals surface area contributed by atoms with E-state index in [-0.39, 0.29) is 12.3 Å². The number of nitrogens with one attached hydrogen (secondary N) is 1. The normalized spacial score (nSPS) is 17.4. The van der Waals surface area contributed by atoms with E-state index in [4.69, 9.17) is 0 Å². The third-order valence-corrected chi connectivity index (χ3v) is 2.26. The van der Waals surface area contributed by atoms with Gasteiger partial charge in [-0.05, 0) is 31.3 Å². The van der Waals surface area contributed by atoms with E-state index in [1.807, 2.05) is 6.08 Å². The largest absolute Gasteiger partial charge is 0.401 e. The molecule has 0 fully saturated rings. The van der Waals surface area contributed by atoms with Crippen LogP contribution in [-0.2, 0) is 4.79 Å². The van der Waals surface area contributed by atoms with Crippen LogP contribution >= 0.6 is 0 Å². The van der Waals surface area contributed by atoms with Crippen molar-refractivity contribution in [2.75, 3.05) is 13.1 Å². The predicted molar refractivity (Wildman–Crippen MR) is 50.5 cm³/mol. The van der Waals surface area contributed by atoms with Crippen LogP contribution in [0.1, 0.15) is 25.7 Å². The highest BCUT2D eigenvalue weighted by atomic mass is 19.4. The van der Waals surface area contributed by atoms with E-state index < -0.39 is 12.7 Å². The van der Waals surface area contributed by atoms with E-state index in [0.29, 0.717) is 12.0 Å². The Morgan fingerprint density at radius 1 is 1.40 bits per heavy atom. The molecule has 2 nitrogen and oxygen atoms in total. The van der Waals surface area contributed by atoms with Crippen molar-refractivity contribution < 1.29 is 18.0 Å².